The molecule has 0 saturated carbocycles. The summed E-state index contributed by atoms with van der Waals surface area (Å²) in [5.74, 6) is 0.459. The van der Waals surface area contributed by atoms with Gasteiger partial charge in [-0.05, 0) is 30.3 Å². The van der Waals surface area contributed by atoms with Gasteiger partial charge in [0.05, 0.1) is 29.2 Å². The molecule has 0 bridgehead atoms. The predicted octanol–water partition coefficient (Wildman–Crippen LogP) is 3.90. The summed E-state index contributed by atoms with van der Waals surface area (Å²) in [5.41, 5.74) is 0.295. The number of aromatic amines is 1. The van der Waals surface area contributed by atoms with Crippen LogP contribution in [0.1, 0.15) is 29.7 Å². The molecule has 2 amide bonds. The molecule has 0 saturated heterocycles. The predicted molar refractivity (Wildman–Crippen MR) is 130 cm³/mol. The third-order valence-corrected chi connectivity index (χ3v) is 5.32. The van der Waals surface area contributed by atoms with E-state index in [1.807, 2.05) is 0 Å². The van der Waals surface area contributed by atoms with Crippen LogP contribution >= 0.6 is 11.6 Å². The summed E-state index contributed by atoms with van der Waals surface area (Å²) in [7, 11) is 0. The Bertz CT molecular complexity index is 1410. The Morgan fingerprint density at radius 3 is 2.74 bits per heavy atom. The molecule has 38 heavy (non-hydrogen) atoms. The number of carbonyl (C=O) groups is 2. The number of benzene rings is 1. The first-order valence-electron chi connectivity index (χ1n) is 11.0. The molecule has 1 aromatic carbocycles. The minimum atomic E-state index is -4.65. The molecule has 0 unspecified atom stereocenters. The molecule has 198 valence electrons. The number of amides is 2. The Labute approximate surface area is 218 Å². The number of nitrogens with zero attached hydrogens (tertiary/aromatic N) is 5. The second-order valence-corrected chi connectivity index (χ2v) is 8.41. The lowest BCUT2D eigenvalue weighted by Crippen LogP contribution is -2.32. The summed E-state index contributed by atoms with van der Waals surface area (Å²) in [4.78, 5) is 38.0. The highest BCUT2D eigenvalue weighted by molar-refractivity contribution is 6.31. The Balaban J connectivity index is 1.29. The highest BCUT2D eigenvalue weighted by Crippen LogP contribution is 2.36. The van der Waals surface area contributed by atoms with Crippen molar-refractivity contribution < 1.29 is 27.5 Å². The van der Waals surface area contributed by atoms with Gasteiger partial charge in [0.15, 0.2) is 0 Å². The maximum atomic E-state index is 13.0. The van der Waals surface area contributed by atoms with Gasteiger partial charge >= 0.3 is 18.2 Å². The van der Waals surface area contributed by atoms with Crippen LogP contribution in [0.3, 0.4) is 0 Å². The van der Waals surface area contributed by atoms with Gasteiger partial charge in [0.2, 0.25) is 5.88 Å². The SMILES string of the molecule is CC(=O)Oc1cc(Cc2ccnc(CN3C=NC(NC(=O)Nc4ccc(Cl)c(C(F)(F)F)c4)=CC3)n2)[nH]n1. The largest absolute Gasteiger partial charge is 0.417 e. The molecule has 0 spiro atoms. The Morgan fingerprint density at radius 1 is 1.21 bits per heavy atom. The van der Waals surface area contributed by atoms with Gasteiger partial charge in [-0.2, -0.15) is 13.2 Å². The van der Waals surface area contributed by atoms with Crippen molar-refractivity contribution in [3.63, 3.8) is 0 Å². The summed E-state index contributed by atoms with van der Waals surface area (Å²) in [6, 6.07) is 5.67. The minimum Gasteiger partial charge on any atom is -0.406 e. The van der Waals surface area contributed by atoms with Crippen LogP contribution in [0.5, 0.6) is 5.88 Å². The van der Waals surface area contributed by atoms with E-state index in [1.165, 1.54) is 19.3 Å². The monoisotopic (exact) mass is 548 g/mol. The van der Waals surface area contributed by atoms with E-state index in [-0.39, 0.29) is 17.4 Å². The van der Waals surface area contributed by atoms with E-state index >= 15 is 0 Å². The average molecular weight is 549 g/mol. The maximum absolute atomic E-state index is 13.0. The molecule has 0 aliphatic carbocycles. The van der Waals surface area contributed by atoms with E-state index in [9.17, 15) is 22.8 Å². The quantitative estimate of drug-likeness (QED) is 0.381. The number of rotatable bonds is 7. The lowest BCUT2D eigenvalue weighted by molar-refractivity contribution is -0.137. The number of halogens is 4. The first-order valence-corrected chi connectivity index (χ1v) is 11.4. The number of hydrogen-bond donors (Lipinski definition) is 3. The number of anilines is 1. The average Bonchev–Trinajstić information content (AvgIpc) is 3.27. The number of aliphatic imine (C=N–C) groups is 1. The van der Waals surface area contributed by atoms with Gasteiger partial charge < -0.3 is 15.0 Å². The zero-order valence-corrected chi connectivity index (χ0v) is 20.5. The van der Waals surface area contributed by atoms with Crippen LogP contribution in [0.15, 0.2) is 53.4 Å². The molecule has 3 heterocycles. The standard InChI is InChI=1S/C23H20ClF3N8O3/c1-13(36)38-21-10-16(33-34-21)8-15-4-6-28-20(30-15)11-35-7-5-19(29-12-35)32-22(37)31-14-2-3-18(24)17(9-14)23(25,26)27/h2-6,9-10,12H,7-8,11H2,1H3,(H,33,34)(H2,31,32,37). The van der Waals surface area contributed by atoms with E-state index < -0.39 is 28.8 Å². The number of carbonyl (C=O) groups excluding carboxylic acids is 2. The van der Waals surface area contributed by atoms with E-state index in [0.717, 1.165) is 12.1 Å². The van der Waals surface area contributed by atoms with Crippen LogP contribution in [-0.2, 0) is 23.9 Å². The second-order valence-electron chi connectivity index (χ2n) is 8.00. The second kappa shape index (κ2) is 11.3. The molecular weight excluding hydrogens is 529 g/mol. The lowest BCUT2D eigenvalue weighted by Gasteiger charge is -2.21. The Morgan fingerprint density at radius 2 is 2.03 bits per heavy atom. The topological polar surface area (TPSA) is 137 Å². The molecule has 15 heteroatoms. The molecule has 0 fully saturated rings. The van der Waals surface area contributed by atoms with Crippen LogP contribution in [0.2, 0.25) is 5.02 Å². The molecular formula is C23H20ClF3N8O3. The maximum Gasteiger partial charge on any atom is 0.417 e. The number of nitrogens with one attached hydrogen (secondary N) is 3. The van der Waals surface area contributed by atoms with Gasteiger partial charge in [0.1, 0.15) is 11.6 Å². The summed E-state index contributed by atoms with van der Waals surface area (Å²) in [6.45, 7) is 1.99. The van der Waals surface area contributed by atoms with Crippen LogP contribution in [0, 0.1) is 0 Å². The zero-order chi connectivity index (χ0) is 27.3. The van der Waals surface area contributed by atoms with Crippen molar-refractivity contribution in [1.29, 1.82) is 0 Å². The third-order valence-electron chi connectivity index (χ3n) is 4.99. The number of H-pyrrole nitrogens is 1. The molecule has 2 aromatic heterocycles. The van der Waals surface area contributed by atoms with E-state index in [0.29, 0.717) is 36.7 Å². The number of alkyl halides is 3. The van der Waals surface area contributed by atoms with Gasteiger partial charge in [-0.25, -0.2) is 19.8 Å². The summed E-state index contributed by atoms with van der Waals surface area (Å²) >= 11 is 5.60. The van der Waals surface area contributed by atoms with Gasteiger partial charge in [0.25, 0.3) is 0 Å². The van der Waals surface area contributed by atoms with Gasteiger partial charge in [-0.1, -0.05) is 11.6 Å². The number of aromatic nitrogens is 4. The van der Waals surface area contributed by atoms with Crippen molar-refractivity contribution in [3.05, 3.63) is 76.2 Å². The van der Waals surface area contributed by atoms with Crippen molar-refractivity contribution in [2.75, 3.05) is 11.9 Å². The molecule has 3 aromatic rings. The normalized spacial score (nSPS) is 13.2. The van der Waals surface area contributed by atoms with E-state index in [2.05, 4.69) is 35.8 Å². The number of urea groups is 1. The van der Waals surface area contributed by atoms with Gasteiger partial charge in [-0.3, -0.25) is 15.2 Å². The lowest BCUT2D eigenvalue weighted by atomic mass is 10.2. The molecule has 0 atom stereocenters. The molecule has 1 aliphatic rings. The smallest absolute Gasteiger partial charge is 0.406 e. The van der Waals surface area contributed by atoms with Gasteiger partial charge in [0, 0.05) is 43.5 Å². The third kappa shape index (κ3) is 7.29. The fourth-order valence-electron chi connectivity index (χ4n) is 3.36. The van der Waals surface area contributed by atoms with Crippen LogP contribution in [-0.4, -0.2) is 49.9 Å². The number of esters is 1. The molecule has 1 aliphatic heterocycles. The minimum absolute atomic E-state index is 0.0731. The van der Waals surface area contributed by atoms with Crippen LogP contribution in [0.4, 0.5) is 23.7 Å². The summed E-state index contributed by atoms with van der Waals surface area (Å²) in [6.07, 6.45) is 0.515. The summed E-state index contributed by atoms with van der Waals surface area (Å²) < 4.78 is 44.0. The molecule has 11 nitrogen and oxygen atoms in total. The number of ether oxygens (including phenoxy) is 1. The molecule has 3 N–H and O–H groups in total. The fraction of sp³-hybridized carbons (Fsp3) is 0.217. The first kappa shape index (κ1) is 26.6. The van der Waals surface area contributed by atoms with Crippen molar-refractivity contribution in [3.8, 4) is 5.88 Å². The summed E-state index contributed by atoms with van der Waals surface area (Å²) in [5, 5.41) is 11.0. The van der Waals surface area contributed by atoms with Crippen LogP contribution < -0.4 is 15.4 Å². The zero-order valence-electron chi connectivity index (χ0n) is 19.7. The van der Waals surface area contributed by atoms with Crippen LogP contribution in [0.25, 0.3) is 0 Å². The highest BCUT2D eigenvalue weighted by Gasteiger charge is 2.33. The van der Waals surface area contributed by atoms with Crippen molar-refractivity contribution >= 4 is 35.6 Å². The van der Waals surface area contributed by atoms with Gasteiger partial charge in [-0.15, -0.1) is 5.10 Å². The van der Waals surface area contributed by atoms with Crippen molar-refractivity contribution in [1.82, 2.24) is 30.4 Å². The molecule has 0 radical (unpaired) electrons. The molecule has 4 rings (SSSR count). The van der Waals surface area contributed by atoms with Crippen molar-refractivity contribution in [2.24, 2.45) is 4.99 Å². The van der Waals surface area contributed by atoms with E-state index in [4.69, 9.17) is 16.3 Å². The highest BCUT2D eigenvalue weighted by atomic mass is 35.5. The Kier molecular flexibility index (Phi) is 7.90. The fourth-order valence-corrected chi connectivity index (χ4v) is 3.58. The Hall–Kier alpha value is -4.46. The number of hydrogen-bond acceptors (Lipinski definition) is 8. The van der Waals surface area contributed by atoms with Crippen molar-refractivity contribution in [2.45, 2.75) is 26.1 Å². The first-order chi connectivity index (χ1) is 18.0. The van der Waals surface area contributed by atoms with E-state index in [1.54, 1.807) is 29.3 Å².